The van der Waals surface area contributed by atoms with Crippen molar-refractivity contribution in [3.8, 4) is 0 Å². The van der Waals surface area contributed by atoms with Crippen molar-refractivity contribution in [3.63, 3.8) is 0 Å². The monoisotopic (exact) mass is 829 g/mol. The fourth-order valence-electron chi connectivity index (χ4n) is 6.67. The average molecular weight is 831 g/mol. The number of carbonyl (C=O) groups excluding carboxylic acids is 1. The predicted molar refractivity (Wildman–Crippen MR) is 224 cm³/mol. The Labute approximate surface area is 345 Å². The topological polar surface area (TPSA) is 186 Å². The molecule has 57 heavy (non-hydrogen) atoms. The maximum Gasteiger partial charge on any atom is 0.410 e. The molecule has 3 aliphatic rings. The van der Waals surface area contributed by atoms with Crippen LogP contribution >= 0.6 is 23.2 Å². The summed E-state index contributed by atoms with van der Waals surface area (Å²) in [7, 11) is 0. The van der Waals surface area contributed by atoms with Crippen molar-refractivity contribution in [3.05, 3.63) is 10.6 Å². The van der Waals surface area contributed by atoms with Crippen LogP contribution in [0.1, 0.15) is 73.1 Å². The van der Waals surface area contributed by atoms with Gasteiger partial charge in [-0.15, -0.1) is 0 Å². The second-order valence-corrected chi connectivity index (χ2v) is 16.0. The third-order valence-electron chi connectivity index (χ3n) is 9.82. The van der Waals surface area contributed by atoms with E-state index in [1.165, 1.54) is 0 Å². The summed E-state index contributed by atoms with van der Waals surface area (Å²) >= 11 is 12.1. The van der Waals surface area contributed by atoms with Gasteiger partial charge in [-0.2, -0.15) is 44.9 Å². The molecule has 19 nitrogen and oxygen atoms in total. The number of anilines is 7. The fraction of sp³-hybridized carbons (Fsp3) is 0.722. The molecule has 0 saturated carbocycles. The number of hydrogen-bond acceptors (Lipinski definition) is 18. The van der Waals surface area contributed by atoms with Gasteiger partial charge in [0.2, 0.25) is 52.2 Å². The predicted octanol–water partition coefficient (Wildman–Crippen LogP) is 4.46. The van der Waals surface area contributed by atoms with Crippen molar-refractivity contribution < 1.29 is 9.53 Å². The molecule has 3 aliphatic heterocycles. The molecule has 0 unspecified atom stereocenters. The van der Waals surface area contributed by atoms with Crippen LogP contribution in [0.15, 0.2) is 0 Å². The first-order valence-electron chi connectivity index (χ1n) is 20.3. The van der Waals surface area contributed by atoms with Crippen LogP contribution in [0.4, 0.5) is 46.4 Å². The van der Waals surface area contributed by atoms with E-state index in [2.05, 4.69) is 59.0 Å². The number of aromatic nitrogens is 9. The highest BCUT2D eigenvalue weighted by molar-refractivity contribution is 6.31. The molecule has 2 N–H and O–H groups in total. The van der Waals surface area contributed by atoms with E-state index in [1.54, 1.807) is 4.90 Å². The molecule has 6 heterocycles. The molecule has 3 aromatic rings. The Morgan fingerprint density at radius 1 is 0.526 bits per heavy atom. The molecule has 0 bridgehead atoms. The number of hydrogen-bond donors (Lipinski definition) is 2. The van der Waals surface area contributed by atoms with E-state index >= 15 is 0 Å². The maximum absolute atomic E-state index is 12.7. The fourth-order valence-corrected chi connectivity index (χ4v) is 7.02. The Morgan fingerprint density at radius 3 is 1.19 bits per heavy atom. The van der Waals surface area contributed by atoms with Crippen molar-refractivity contribution >= 4 is 70.9 Å². The van der Waals surface area contributed by atoms with Crippen molar-refractivity contribution in [2.75, 3.05) is 127 Å². The first-order valence-corrected chi connectivity index (χ1v) is 21.0. The van der Waals surface area contributed by atoms with E-state index in [-0.39, 0.29) is 16.7 Å². The molecule has 3 aromatic heterocycles. The van der Waals surface area contributed by atoms with E-state index < -0.39 is 5.60 Å². The number of unbranched alkanes of at least 4 members (excludes halogenated alkanes) is 4. The third-order valence-corrected chi connectivity index (χ3v) is 10.2. The largest absolute Gasteiger partial charge is 0.444 e. The lowest BCUT2D eigenvalue weighted by molar-refractivity contribution is 0.0240. The number of nitrogens with one attached hydrogen (secondary N) is 2. The van der Waals surface area contributed by atoms with Gasteiger partial charge < -0.3 is 44.8 Å². The molecular weight excluding hydrogens is 773 g/mol. The molecule has 6 rings (SSSR count). The van der Waals surface area contributed by atoms with E-state index in [4.69, 9.17) is 57.8 Å². The molecule has 21 heteroatoms. The summed E-state index contributed by atoms with van der Waals surface area (Å²) in [6.07, 6.45) is 6.28. The zero-order chi connectivity index (χ0) is 40.4. The maximum atomic E-state index is 12.7. The van der Waals surface area contributed by atoms with Crippen LogP contribution in [0, 0.1) is 0 Å². The molecule has 312 valence electrons. The van der Waals surface area contributed by atoms with Gasteiger partial charge in [0.05, 0.1) is 0 Å². The van der Waals surface area contributed by atoms with E-state index in [1.807, 2.05) is 25.7 Å². The summed E-state index contributed by atoms with van der Waals surface area (Å²) in [6.45, 7) is 19.1. The van der Waals surface area contributed by atoms with Crippen LogP contribution in [-0.2, 0) is 4.74 Å². The Kier molecular flexibility index (Phi) is 14.6. The first kappa shape index (κ1) is 42.1. The highest BCUT2D eigenvalue weighted by atomic mass is 35.5. The molecule has 0 atom stereocenters. The van der Waals surface area contributed by atoms with Crippen molar-refractivity contribution in [1.29, 1.82) is 0 Å². The Morgan fingerprint density at radius 2 is 0.860 bits per heavy atom. The summed E-state index contributed by atoms with van der Waals surface area (Å²) in [5.41, 5.74) is -0.544. The number of nitrogens with zero attached hydrogens (tertiary/aromatic N) is 15. The van der Waals surface area contributed by atoms with Crippen LogP contribution in [-0.4, -0.2) is 153 Å². The van der Waals surface area contributed by atoms with E-state index in [9.17, 15) is 4.79 Å². The molecule has 3 fully saturated rings. The second kappa shape index (κ2) is 19.8. The number of piperazine rings is 3. The standard InChI is InChI=1S/C36H57Cl2N17O2/c1-6-8-10-12-39-28-44-31(51-16-14-50(15-17-51)30-42-26(37)41-27(38)43-30)48-32(45-28)52-18-20-53(21-19-52)33-46-29(40-13-11-9-7-2)47-34(49-33)54-22-24-55(25-23-54)35(56)57-36(3,4)5/h6-25H2,1-5H3,(H,39,44,45,48)(H,40,46,47,49). The molecule has 0 aliphatic carbocycles. The summed E-state index contributed by atoms with van der Waals surface area (Å²) < 4.78 is 5.61. The lowest BCUT2D eigenvalue weighted by Crippen LogP contribution is -2.51. The van der Waals surface area contributed by atoms with Gasteiger partial charge in [-0.25, -0.2) is 4.79 Å². The Balaban J connectivity index is 1.14. The number of halogens is 2. The quantitative estimate of drug-likeness (QED) is 0.204. The zero-order valence-corrected chi connectivity index (χ0v) is 35.4. The van der Waals surface area contributed by atoms with Crippen LogP contribution < -0.4 is 35.1 Å². The van der Waals surface area contributed by atoms with E-state index in [0.29, 0.717) is 120 Å². The summed E-state index contributed by atoms with van der Waals surface area (Å²) in [4.78, 5) is 67.0. The Hall–Kier alpha value is -4.52. The van der Waals surface area contributed by atoms with Crippen LogP contribution in [0.5, 0.6) is 0 Å². The van der Waals surface area contributed by atoms with Gasteiger partial charge >= 0.3 is 6.09 Å². The number of carbonyl (C=O) groups is 1. The highest BCUT2D eigenvalue weighted by Crippen LogP contribution is 2.24. The lowest BCUT2D eigenvalue weighted by atomic mass is 10.2. The zero-order valence-electron chi connectivity index (χ0n) is 33.9. The number of rotatable bonds is 15. The smallest absolute Gasteiger partial charge is 0.410 e. The van der Waals surface area contributed by atoms with Gasteiger partial charge in [0.25, 0.3) is 0 Å². The number of amides is 1. The molecule has 3 saturated heterocycles. The second-order valence-electron chi connectivity index (χ2n) is 15.4. The number of ether oxygens (including phenoxy) is 1. The highest BCUT2D eigenvalue weighted by Gasteiger charge is 2.30. The minimum Gasteiger partial charge on any atom is -0.444 e. The summed E-state index contributed by atoms with van der Waals surface area (Å²) in [6, 6.07) is 0. The third kappa shape index (κ3) is 12.0. The molecule has 0 aromatic carbocycles. The van der Waals surface area contributed by atoms with Gasteiger partial charge in [0.15, 0.2) is 0 Å². The normalized spacial score (nSPS) is 16.6. The first-order chi connectivity index (χ1) is 27.5. The SMILES string of the molecule is CCCCCNc1nc(N2CCN(C(=O)OC(C)(C)C)CC2)nc(N2CCN(c3nc(NCCCCC)nc(N4CCN(c5nc(Cl)nc(Cl)n5)CC4)n3)CC2)n1. The van der Waals surface area contributed by atoms with Gasteiger partial charge in [0, 0.05) is 91.6 Å². The van der Waals surface area contributed by atoms with Crippen molar-refractivity contribution in [2.45, 2.75) is 78.7 Å². The van der Waals surface area contributed by atoms with Crippen LogP contribution in [0.3, 0.4) is 0 Å². The van der Waals surface area contributed by atoms with Gasteiger partial charge in [0.1, 0.15) is 5.60 Å². The molecular formula is C36H57Cl2N17O2. The van der Waals surface area contributed by atoms with Crippen molar-refractivity contribution in [2.24, 2.45) is 0 Å². The van der Waals surface area contributed by atoms with Gasteiger partial charge in [-0.05, 0) is 56.8 Å². The van der Waals surface area contributed by atoms with Crippen molar-refractivity contribution in [1.82, 2.24) is 49.8 Å². The molecule has 0 radical (unpaired) electrons. The van der Waals surface area contributed by atoms with Crippen LogP contribution in [0.25, 0.3) is 0 Å². The summed E-state index contributed by atoms with van der Waals surface area (Å²) in [5.74, 6) is 4.07. The minimum absolute atomic E-state index is 0.0686. The average Bonchev–Trinajstić information content (AvgIpc) is 3.20. The summed E-state index contributed by atoms with van der Waals surface area (Å²) in [5, 5.41) is 7.02. The minimum atomic E-state index is -0.544. The molecule has 0 spiro atoms. The Bertz CT molecular complexity index is 1740. The van der Waals surface area contributed by atoms with Gasteiger partial charge in [-0.1, -0.05) is 39.5 Å². The van der Waals surface area contributed by atoms with E-state index in [0.717, 1.165) is 51.6 Å². The van der Waals surface area contributed by atoms with Crippen LogP contribution in [0.2, 0.25) is 10.6 Å². The van der Waals surface area contributed by atoms with Gasteiger partial charge in [-0.3, -0.25) is 0 Å². The lowest BCUT2D eigenvalue weighted by Gasteiger charge is -2.37. The molecule has 1 amide bonds.